The van der Waals surface area contributed by atoms with Crippen molar-refractivity contribution in [3.05, 3.63) is 52.9 Å². The number of benzene rings is 1. The van der Waals surface area contributed by atoms with Gasteiger partial charge < -0.3 is 4.42 Å². The highest BCUT2D eigenvalue weighted by Crippen LogP contribution is 2.13. The van der Waals surface area contributed by atoms with Crippen molar-refractivity contribution in [3.8, 4) is 0 Å². The van der Waals surface area contributed by atoms with Crippen LogP contribution in [0.1, 0.15) is 11.5 Å². The van der Waals surface area contributed by atoms with Gasteiger partial charge in [-0.3, -0.25) is 0 Å². The van der Waals surface area contributed by atoms with E-state index in [0.717, 1.165) is 5.76 Å². The van der Waals surface area contributed by atoms with Crippen LogP contribution in [0.15, 0.2) is 50.8 Å². The van der Waals surface area contributed by atoms with Gasteiger partial charge in [-0.05, 0) is 43.3 Å². The molecule has 0 aliphatic rings. The molecule has 1 aromatic heterocycles. The monoisotopic (exact) mass is 298 g/mol. The van der Waals surface area contributed by atoms with Crippen LogP contribution in [0.2, 0.25) is 5.02 Å². The maximum Gasteiger partial charge on any atom is 0.276 e. The smallest absolute Gasteiger partial charge is 0.276 e. The Morgan fingerprint density at radius 3 is 2.47 bits per heavy atom. The topological polar surface area (TPSA) is 71.7 Å². The van der Waals surface area contributed by atoms with Gasteiger partial charge in [0.25, 0.3) is 10.0 Å². The fraction of sp³-hybridized carbons (Fsp3) is 0.0833. The molecule has 0 saturated heterocycles. The molecule has 2 rings (SSSR count). The van der Waals surface area contributed by atoms with Crippen LogP contribution in [0.5, 0.6) is 0 Å². The van der Waals surface area contributed by atoms with Gasteiger partial charge in [0.05, 0.1) is 11.1 Å². The second kappa shape index (κ2) is 5.46. The number of hydrazone groups is 1. The second-order valence-corrected chi connectivity index (χ2v) is 5.85. The number of hydrogen-bond donors (Lipinski definition) is 1. The van der Waals surface area contributed by atoms with Gasteiger partial charge >= 0.3 is 0 Å². The van der Waals surface area contributed by atoms with Crippen molar-refractivity contribution in [2.45, 2.75) is 11.8 Å². The zero-order chi connectivity index (χ0) is 13.9. The van der Waals surface area contributed by atoms with Gasteiger partial charge in [-0.1, -0.05) is 11.6 Å². The van der Waals surface area contributed by atoms with E-state index in [-0.39, 0.29) is 4.90 Å². The van der Waals surface area contributed by atoms with Crippen LogP contribution in [-0.2, 0) is 10.0 Å². The minimum absolute atomic E-state index is 0.0877. The molecule has 0 aliphatic heterocycles. The Hall–Kier alpha value is -1.79. The lowest BCUT2D eigenvalue weighted by Crippen LogP contribution is -2.18. The van der Waals surface area contributed by atoms with Crippen LogP contribution < -0.4 is 4.83 Å². The fourth-order valence-corrected chi connectivity index (χ4v) is 2.27. The molecule has 0 spiro atoms. The van der Waals surface area contributed by atoms with E-state index in [4.69, 9.17) is 16.0 Å². The first-order valence-electron chi connectivity index (χ1n) is 5.34. The van der Waals surface area contributed by atoms with E-state index in [1.54, 1.807) is 19.1 Å². The van der Waals surface area contributed by atoms with Gasteiger partial charge in [0.2, 0.25) is 0 Å². The van der Waals surface area contributed by atoms with Crippen LogP contribution in [0.25, 0.3) is 0 Å². The third kappa shape index (κ3) is 3.59. The third-order valence-electron chi connectivity index (χ3n) is 2.25. The molecule has 1 N–H and O–H groups in total. The first-order chi connectivity index (χ1) is 8.97. The predicted octanol–water partition coefficient (Wildman–Crippen LogP) is 2.55. The van der Waals surface area contributed by atoms with E-state index in [1.807, 2.05) is 0 Å². The second-order valence-electron chi connectivity index (χ2n) is 3.76. The molecule has 0 bridgehead atoms. The standard InChI is InChI=1S/C12H11ClN2O3S/c1-9-2-5-11(18-9)8-14-15-19(16,17)12-6-3-10(13)4-7-12/h2-8,15H,1H3/b14-8+. The zero-order valence-corrected chi connectivity index (χ0v) is 11.6. The van der Waals surface area contributed by atoms with Crippen molar-refractivity contribution in [1.29, 1.82) is 0 Å². The molecule has 0 unspecified atom stereocenters. The van der Waals surface area contributed by atoms with E-state index in [2.05, 4.69) is 9.93 Å². The summed E-state index contributed by atoms with van der Waals surface area (Å²) in [5.74, 6) is 1.19. The van der Waals surface area contributed by atoms with Gasteiger partial charge in [0.15, 0.2) is 0 Å². The summed E-state index contributed by atoms with van der Waals surface area (Å²) < 4.78 is 28.9. The van der Waals surface area contributed by atoms with E-state index in [1.165, 1.54) is 30.5 Å². The molecule has 0 aliphatic carbocycles. The highest BCUT2D eigenvalue weighted by molar-refractivity contribution is 7.89. The van der Waals surface area contributed by atoms with Crippen LogP contribution in [-0.4, -0.2) is 14.6 Å². The summed E-state index contributed by atoms with van der Waals surface area (Å²) in [5.41, 5.74) is 0. The maximum absolute atomic E-state index is 11.8. The molecule has 2 aromatic rings. The zero-order valence-electron chi connectivity index (χ0n) is 10.00. The highest BCUT2D eigenvalue weighted by Gasteiger charge is 2.11. The number of furan rings is 1. The molecule has 0 radical (unpaired) electrons. The Bertz CT molecular complexity index is 690. The minimum atomic E-state index is -3.69. The van der Waals surface area contributed by atoms with Crippen molar-refractivity contribution in [3.63, 3.8) is 0 Å². The summed E-state index contributed by atoms with van der Waals surface area (Å²) in [6, 6.07) is 9.24. The average Bonchev–Trinajstić information content (AvgIpc) is 2.75. The Kier molecular flexibility index (Phi) is 3.92. The number of halogens is 1. The van der Waals surface area contributed by atoms with Crippen LogP contribution in [0, 0.1) is 6.92 Å². The van der Waals surface area contributed by atoms with E-state index < -0.39 is 10.0 Å². The first kappa shape index (κ1) is 13.6. The van der Waals surface area contributed by atoms with Crippen molar-refractivity contribution in [1.82, 2.24) is 4.83 Å². The number of sulfonamides is 1. The summed E-state index contributed by atoms with van der Waals surface area (Å²) in [6.07, 6.45) is 1.29. The van der Waals surface area contributed by atoms with Gasteiger partial charge in [0.1, 0.15) is 11.5 Å². The van der Waals surface area contributed by atoms with Gasteiger partial charge in [-0.2, -0.15) is 18.4 Å². The lowest BCUT2D eigenvalue weighted by molar-refractivity contribution is 0.527. The predicted molar refractivity (Wildman–Crippen MR) is 72.8 cm³/mol. The Balaban J connectivity index is 2.09. The number of nitrogens with one attached hydrogen (secondary N) is 1. The summed E-state index contributed by atoms with van der Waals surface area (Å²) in [4.78, 5) is 2.18. The van der Waals surface area contributed by atoms with Gasteiger partial charge in [-0.15, -0.1) is 0 Å². The van der Waals surface area contributed by atoms with Gasteiger partial charge in [0, 0.05) is 5.02 Å². The number of nitrogens with zero attached hydrogens (tertiary/aromatic N) is 1. The summed E-state index contributed by atoms with van der Waals surface area (Å²) in [5, 5.41) is 4.10. The van der Waals surface area contributed by atoms with Crippen LogP contribution in [0.4, 0.5) is 0 Å². The molecule has 5 nitrogen and oxygen atoms in total. The molecule has 0 amide bonds. The van der Waals surface area contributed by atoms with Crippen LogP contribution >= 0.6 is 11.6 Å². The largest absolute Gasteiger partial charge is 0.460 e. The lowest BCUT2D eigenvalue weighted by atomic mass is 10.4. The molecule has 0 atom stereocenters. The molecule has 0 fully saturated rings. The average molecular weight is 299 g/mol. The molecule has 19 heavy (non-hydrogen) atoms. The molecule has 100 valence electrons. The summed E-state index contributed by atoms with van der Waals surface area (Å²) >= 11 is 5.69. The van der Waals surface area contributed by atoms with Crippen molar-refractivity contribution >= 4 is 27.8 Å². The molecule has 7 heteroatoms. The van der Waals surface area contributed by atoms with Crippen molar-refractivity contribution < 1.29 is 12.8 Å². The van der Waals surface area contributed by atoms with Crippen molar-refractivity contribution in [2.75, 3.05) is 0 Å². The maximum atomic E-state index is 11.8. The van der Waals surface area contributed by atoms with Gasteiger partial charge in [-0.25, -0.2) is 0 Å². The number of rotatable bonds is 4. The Morgan fingerprint density at radius 2 is 1.89 bits per heavy atom. The third-order valence-corrected chi connectivity index (χ3v) is 3.74. The summed E-state index contributed by atoms with van der Waals surface area (Å²) in [7, 11) is -3.69. The quantitative estimate of drug-likeness (QED) is 0.696. The van der Waals surface area contributed by atoms with E-state index in [0.29, 0.717) is 10.8 Å². The normalized spacial score (nSPS) is 11.9. The van der Waals surface area contributed by atoms with Crippen LogP contribution in [0.3, 0.4) is 0 Å². The SMILES string of the molecule is Cc1ccc(/C=N/NS(=O)(=O)c2ccc(Cl)cc2)o1. The lowest BCUT2D eigenvalue weighted by Gasteiger charge is -2.02. The number of aryl methyl sites for hydroxylation is 1. The Morgan fingerprint density at radius 1 is 1.21 bits per heavy atom. The molecular formula is C12H11ClN2O3S. The molecule has 0 saturated carbocycles. The number of hydrogen-bond acceptors (Lipinski definition) is 4. The molecule has 1 heterocycles. The fourth-order valence-electron chi connectivity index (χ4n) is 1.35. The summed E-state index contributed by atoms with van der Waals surface area (Å²) in [6.45, 7) is 1.79. The Labute approximate surface area is 115 Å². The van der Waals surface area contributed by atoms with E-state index >= 15 is 0 Å². The highest BCUT2D eigenvalue weighted by atomic mass is 35.5. The van der Waals surface area contributed by atoms with Crippen molar-refractivity contribution in [2.24, 2.45) is 5.10 Å². The first-order valence-corrected chi connectivity index (χ1v) is 7.20. The molecular weight excluding hydrogens is 288 g/mol. The van der Waals surface area contributed by atoms with E-state index in [9.17, 15) is 8.42 Å². The minimum Gasteiger partial charge on any atom is -0.460 e. The molecule has 1 aromatic carbocycles.